The summed E-state index contributed by atoms with van der Waals surface area (Å²) in [6, 6.07) is -5.43. The minimum Gasteiger partial charge on any atom is -0.480 e. The van der Waals surface area contributed by atoms with Gasteiger partial charge in [-0.1, -0.05) is 0 Å². The average Bonchev–Trinajstić information content (AvgIpc) is 2.71. The Balaban J connectivity index is 5.05. The zero-order valence-corrected chi connectivity index (χ0v) is 18.1. The van der Waals surface area contributed by atoms with Gasteiger partial charge in [0.05, 0.1) is 19.1 Å². The first-order valence-corrected chi connectivity index (χ1v) is 10.0. The number of carboxylic acids is 1. The summed E-state index contributed by atoms with van der Waals surface area (Å²) < 4.78 is 0. The number of aliphatic imine (C=N–C) groups is 1. The van der Waals surface area contributed by atoms with E-state index in [0.717, 1.165) is 0 Å². The number of carbonyl (C=O) groups is 5. The average molecular weight is 479 g/mol. The molecule has 0 aromatic heterocycles. The highest BCUT2D eigenvalue weighted by Gasteiger charge is 2.30. The molecule has 0 aromatic rings. The highest BCUT2D eigenvalue weighted by atomic mass is 32.1. The van der Waals surface area contributed by atoms with Crippen LogP contribution >= 0.6 is 12.6 Å². The zero-order chi connectivity index (χ0) is 24.8. The minimum absolute atomic E-state index is 0.0990. The summed E-state index contributed by atoms with van der Waals surface area (Å²) in [4.78, 5) is 62.9. The zero-order valence-electron chi connectivity index (χ0n) is 17.2. The number of primary amides is 1. The molecule has 0 bridgehead atoms. The molecule has 0 saturated carbocycles. The number of aliphatic carboxylic acids is 1. The number of hydrogen-bond donors (Lipinski definition) is 10. The maximum Gasteiger partial charge on any atom is 0.328 e. The highest BCUT2D eigenvalue weighted by Crippen LogP contribution is 2.00. The molecule has 16 heteroatoms. The van der Waals surface area contributed by atoms with Gasteiger partial charge in [0, 0.05) is 12.3 Å². The minimum atomic E-state index is -1.66. The number of nitrogens with one attached hydrogen (secondary N) is 3. The number of carbonyl (C=O) groups excluding carboxylic acids is 4. The van der Waals surface area contributed by atoms with Crippen LogP contribution in [0.25, 0.3) is 0 Å². The Labute approximate surface area is 189 Å². The van der Waals surface area contributed by atoms with Gasteiger partial charge in [0.25, 0.3) is 0 Å². The normalized spacial score (nSPS) is 14.2. The number of guanidine groups is 1. The third kappa shape index (κ3) is 11.3. The van der Waals surface area contributed by atoms with Gasteiger partial charge in [-0.05, 0) is 12.8 Å². The number of aliphatic hydroxyl groups excluding tert-OH is 1. The molecule has 13 N–H and O–H groups in total. The molecule has 0 aliphatic heterocycles. The van der Waals surface area contributed by atoms with E-state index in [1.165, 1.54) is 0 Å². The lowest BCUT2D eigenvalue weighted by Gasteiger charge is -2.23. The summed E-state index contributed by atoms with van der Waals surface area (Å²) in [7, 11) is 0. The second-order valence-corrected chi connectivity index (χ2v) is 6.98. The number of aliphatic hydroxyl groups is 1. The lowest BCUT2D eigenvalue weighted by atomic mass is 10.1. The van der Waals surface area contributed by atoms with E-state index in [-0.39, 0.29) is 24.7 Å². The van der Waals surface area contributed by atoms with Crippen molar-refractivity contribution < 1.29 is 34.2 Å². The van der Waals surface area contributed by atoms with Crippen molar-refractivity contribution in [2.45, 2.75) is 43.4 Å². The number of hydrogen-bond acceptors (Lipinski definition) is 9. The lowest BCUT2D eigenvalue weighted by Crippen LogP contribution is -2.58. The molecule has 4 atom stereocenters. The Kier molecular flexibility index (Phi) is 13.4. The first-order chi connectivity index (χ1) is 14.9. The summed E-state index contributed by atoms with van der Waals surface area (Å²) in [5.41, 5.74) is 21.2. The molecule has 0 fully saturated rings. The van der Waals surface area contributed by atoms with Crippen LogP contribution in [0.2, 0.25) is 0 Å². The molecule has 0 heterocycles. The molecule has 15 nitrogen and oxygen atoms in total. The van der Waals surface area contributed by atoms with Gasteiger partial charge in [0.1, 0.15) is 18.1 Å². The molecule has 0 radical (unpaired) electrons. The van der Waals surface area contributed by atoms with Crippen LogP contribution in [-0.4, -0.2) is 88.8 Å². The Morgan fingerprint density at radius 1 is 0.906 bits per heavy atom. The maximum atomic E-state index is 12.5. The summed E-state index contributed by atoms with van der Waals surface area (Å²) in [5.74, 6) is -5.41. The van der Waals surface area contributed by atoms with Crippen molar-refractivity contribution >= 4 is 48.2 Å². The third-order valence-corrected chi connectivity index (χ3v) is 4.32. The van der Waals surface area contributed by atoms with Gasteiger partial charge in [-0.3, -0.25) is 24.2 Å². The molecule has 182 valence electrons. The van der Waals surface area contributed by atoms with Gasteiger partial charge in [-0.25, -0.2) is 4.79 Å². The van der Waals surface area contributed by atoms with Crippen LogP contribution < -0.4 is 38.9 Å². The summed E-state index contributed by atoms with van der Waals surface area (Å²) in [6.45, 7) is -0.663. The lowest BCUT2D eigenvalue weighted by molar-refractivity contribution is -0.143. The van der Waals surface area contributed by atoms with E-state index in [9.17, 15) is 24.0 Å². The fourth-order valence-electron chi connectivity index (χ4n) is 2.26. The summed E-state index contributed by atoms with van der Waals surface area (Å²) in [5, 5.41) is 24.4. The molecule has 0 aliphatic rings. The number of amides is 4. The smallest absolute Gasteiger partial charge is 0.328 e. The molecule has 4 amide bonds. The van der Waals surface area contributed by atoms with E-state index < -0.39 is 66.8 Å². The van der Waals surface area contributed by atoms with Gasteiger partial charge in [0.15, 0.2) is 5.96 Å². The quantitative estimate of drug-likeness (QED) is 0.0461. The number of thiol groups is 1. The van der Waals surface area contributed by atoms with E-state index >= 15 is 0 Å². The van der Waals surface area contributed by atoms with Crippen LogP contribution in [0.1, 0.15) is 19.3 Å². The Morgan fingerprint density at radius 2 is 1.44 bits per heavy atom. The van der Waals surface area contributed by atoms with Gasteiger partial charge in [0.2, 0.25) is 23.6 Å². The second kappa shape index (κ2) is 14.8. The first-order valence-electron chi connectivity index (χ1n) is 9.37. The van der Waals surface area contributed by atoms with Crippen LogP contribution in [0.3, 0.4) is 0 Å². The predicted octanol–water partition coefficient (Wildman–Crippen LogP) is -5.30. The maximum absolute atomic E-state index is 12.5. The number of rotatable bonds is 15. The number of nitrogens with zero attached hydrogens (tertiary/aromatic N) is 1. The first kappa shape index (κ1) is 28.9. The second-order valence-electron chi connectivity index (χ2n) is 6.61. The van der Waals surface area contributed by atoms with Crippen molar-refractivity contribution in [2.75, 3.05) is 18.9 Å². The number of carboxylic acid groups (broad SMARTS) is 1. The molecule has 4 unspecified atom stereocenters. The van der Waals surface area contributed by atoms with Crippen molar-refractivity contribution in [2.24, 2.45) is 27.9 Å². The summed E-state index contributed by atoms with van der Waals surface area (Å²) in [6.07, 6.45) is -0.0401. The van der Waals surface area contributed by atoms with E-state index in [4.69, 9.17) is 33.1 Å². The highest BCUT2D eigenvalue weighted by molar-refractivity contribution is 7.80. The van der Waals surface area contributed by atoms with E-state index in [0.29, 0.717) is 6.42 Å². The Bertz CT molecular complexity index is 717. The Hall–Kier alpha value is -3.11. The number of nitrogens with two attached hydrogens (primary N) is 4. The topological polar surface area (TPSA) is 278 Å². The van der Waals surface area contributed by atoms with Crippen molar-refractivity contribution in [3.05, 3.63) is 0 Å². The molecule has 0 aliphatic carbocycles. The van der Waals surface area contributed by atoms with Crippen molar-refractivity contribution in [1.29, 1.82) is 0 Å². The SMILES string of the molecule is NC(=O)CC(NC(=O)C(CS)NC(=O)C(N)CCCN=C(N)N)C(=O)NC(CO)C(=O)O. The van der Waals surface area contributed by atoms with E-state index in [1.807, 2.05) is 5.32 Å². The van der Waals surface area contributed by atoms with E-state index in [1.54, 1.807) is 0 Å². The molecule has 0 spiro atoms. The fraction of sp³-hybridized carbons (Fsp3) is 0.625. The molecule has 0 aromatic carbocycles. The standard InChI is InChI=1S/C16H30N8O7S/c17-7(2-1-3-21-16(19)20)12(27)24-10(6-32)14(29)22-8(4-11(18)26)13(28)23-9(5-25)15(30)31/h7-10,25,32H,1-6,17H2,(H2,18,26)(H,22,29)(H,23,28)(H,24,27)(H,30,31)(H4,19,20,21). The van der Waals surface area contributed by atoms with Crippen LogP contribution in [0.5, 0.6) is 0 Å². The Morgan fingerprint density at radius 3 is 1.91 bits per heavy atom. The van der Waals surface area contributed by atoms with Gasteiger partial charge in [-0.15, -0.1) is 0 Å². The summed E-state index contributed by atoms with van der Waals surface area (Å²) >= 11 is 3.98. The van der Waals surface area contributed by atoms with Crippen LogP contribution in [-0.2, 0) is 24.0 Å². The van der Waals surface area contributed by atoms with Crippen LogP contribution in [0.4, 0.5) is 0 Å². The van der Waals surface area contributed by atoms with Gasteiger partial charge >= 0.3 is 5.97 Å². The third-order valence-electron chi connectivity index (χ3n) is 3.96. The van der Waals surface area contributed by atoms with Crippen molar-refractivity contribution in [1.82, 2.24) is 16.0 Å². The molecule has 32 heavy (non-hydrogen) atoms. The molecule has 0 rings (SSSR count). The van der Waals surface area contributed by atoms with E-state index in [2.05, 4.69) is 28.3 Å². The monoisotopic (exact) mass is 478 g/mol. The van der Waals surface area contributed by atoms with Gasteiger partial charge < -0.3 is 49.1 Å². The van der Waals surface area contributed by atoms with Crippen molar-refractivity contribution in [3.8, 4) is 0 Å². The molecular formula is C16H30N8O7S. The fourth-order valence-corrected chi connectivity index (χ4v) is 2.52. The van der Waals surface area contributed by atoms with Gasteiger partial charge in [-0.2, -0.15) is 12.6 Å². The molecular weight excluding hydrogens is 448 g/mol. The van der Waals surface area contributed by atoms with Crippen LogP contribution in [0.15, 0.2) is 4.99 Å². The largest absolute Gasteiger partial charge is 0.480 e. The van der Waals surface area contributed by atoms with Crippen molar-refractivity contribution in [3.63, 3.8) is 0 Å². The predicted molar refractivity (Wildman–Crippen MR) is 116 cm³/mol. The van der Waals surface area contributed by atoms with Crippen LogP contribution in [0, 0.1) is 0 Å². The molecule has 0 saturated heterocycles.